The van der Waals surface area contributed by atoms with Gasteiger partial charge in [-0.2, -0.15) is 0 Å². The minimum Gasteiger partial charge on any atom is -0.329 e. The van der Waals surface area contributed by atoms with Crippen molar-refractivity contribution >= 4 is 23.4 Å². The van der Waals surface area contributed by atoms with Gasteiger partial charge in [-0.3, -0.25) is 4.57 Å². The number of rotatable bonds is 2. The quantitative estimate of drug-likeness (QED) is 0.727. The van der Waals surface area contributed by atoms with Crippen LogP contribution in [0.25, 0.3) is 11.2 Å². The third-order valence-corrected chi connectivity index (χ3v) is 3.62. The van der Waals surface area contributed by atoms with Gasteiger partial charge < -0.3 is 9.55 Å². The highest BCUT2D eigenvalue weighted by Crippen LogP contribution is 2.22. The number of aromatic nitrogens is 6. The van der Waals surface area contributed by atoms with Crippen molar-refractivity contribution in [3.63, 3.8) is 0 Å². The summed E-state index contributed by atoms with van der Waals surface area (Å²) in [5.74, 6) is 0.848. The van der Waals surface area contributed by atoms with Gasteiger partial charge in [-0.25, -0.2) is 4.98 Å². The molecule has 3 rings (SSSR count). The Morgan fingerprint density at radius 1 is 1.42 bits per heavy atom. The minimum absolute atomic E-state index is 0.0250. The molecule has 98 valence electrons. The molecule has 0 fully saturated rings. The van der Waals surface area contributed by atoms with Gasteiger partial charge in [-0.1, -0.05) is 0 Å². The number of H-pyrrole nitrogens is 1. The molecule has 1 N–H and O–H groups in total. The van der Waals surface area contributed by atoms with E-state index >= 15 is 0 Å². The Balaban J connectivity index is 2.26. The maximum absolute atomic E-state index is 5.42. The highest BCUT2D eigenvalue weighted by molar-refractivity contribution is 7.71. The van der Waals surface area contributed by atoms with Crippen molar-refractivity contribution in [2.75, 3.05) is 0 Å². The number of hydrogen-bond acceptors (Lipinski definition) is 4. The molecular formula is C12H14N6S. The van der Waals surface area contributed by atoms with Crippen LogP contribution in [0, 0.1) is 11.7 Å². The predicted molar refractivity (Wildman–Crippen MR) is 74.5 cm³/mol. The van der Waals surface area contributed by atoms with Crippen LogP contribution in [0.5, 0.6) is 0 Å². The summed E-state index contributed by atoms with van der Waals surface area (Å²) in [6, 6.07) is 1.94. The molecule has 0 amide bonds. The van der Waals surface area contributed by atoms with E-state index in [1.807, 2.05) is 36.1 Å². The number of hydrogen-bond donors (Lipinski definition) is 1. The maximum Gasteiger partial charge on any atom is 0.179 e. The molecule has 0 spiro atoms. The lowest BCUT2D eigenvalue weighted by Gasteiger charge is -2.12. The van der Waals surface area contributed by atoms with Crippen LogP contribution in [0.1, 0.15) is 24.4 Å². The molecule has 0 saturated carbocycles. The van der Waals surface area contributed by atoms with Crippen molar-refractivity contribution in [2.24, 2.45) is 7.05 Å². The molecule has 0 radical (unpaired) electrons. The van der Waals surface area contributed by atoms with Crippen LogP contribution < -0.4 is 0 Å². The summed E-state index contributed by atoms with van der Waals surface area (Å²) in [6.07, 6.45) is 3.48. The summed E-state index contributed by atoms with van der Waals surface area (Å²) < 4.78 is 4.51. The van der Waals surface area contributed by atoms with E-state index in [1.54, 1.807) is 12.5 Å². The third-order valence-electron chi connectivity index (χ3n) is 3.33. The van der Waals surface area contributed by atoms with Crippen LogP contribution in [0.15, 0.2) is 18.6 Å². The predicted octanol–water partition coefficient (Wildman–Crippen LogP) is 2.14. The van der Waals surface area contributed by atoms with Crippen molar-refractivity contribution in [3.05, 3.63) is 34.7 Å². The summed E-state index contributed by atoms with van der Waals surface area (Å²) >= 11 is 5.42. The zero-order valence-corrected chi connectivity index (χ0v) is 11.8. The fraction of sp³-hybridized carbons (Fsp3) is 0.333. The second-order valence-electron chi connectivity index (χ2n) is 4.60. The van der Waals surface area contributed by atoms with Crippen LogP contribution in [0.4, 0.5) is 0 Å². The zero-order chi connectivity index (χ0) is 13.6. The molecule has 0 bridgehead atoms. The molecule has 1 atom stereocenters. The Morgan fingerprint density at radius 2 is 2.21 bits per heavy atom. The van der Waals surface area contributed by atoms with E-state index in [2.05, 4.69) is 20.2 Å². The van der Waals surface area contributed by atoms with Crippen molar-refractivity contribution in [3.8, 4) is 0 Å². The van der Waals surface area contributed by atoms with Crippen LogP contribution in [0.3, 0.4) is 0 Å². The number of pyridine rings is 1. The molecule has 0 aliphatic rings. The lowest BCUT2D eigenvalue weighted by molar-refractivity contribution is 0.578. The normalized spacial score (nSPS) is 13.0. The number of imidazole rings is 1. The van der Waals surface area contributed by atoms with Crippen molar-refractivity contribution in [1.29, 1.82) is 0 Å². The SMILES string of the molecule is Cc1ccnc2c1[nH]c(=S)n2C(C)c1nncn1C. The number of aromatic amines is 1. The molecule has 0 aliphatic carbocycles. The Labute approximate surface area is 115 Å². The van der Waals surface area contributed by atoms with E-state index in [-0.39, 0.29) is 6.04 Å². The smallest absolute Gasteiger partial charge is 0.179 e. The molecule has 7 heteroatoms. The van der Waals surface area contributed by atoms with Gasteiger partial charge in [-0.15, -0.1) is 10.2 Å². The van der Waals surface area contributed by atoms with Gasteiger partial charge in [0.05, 0.1) is 11.6 Å². The van der Waals surface area contributed by atoms with Crippen molar-refractivity contribution in [1.82, 2.24) is 29.3 Å². The van der Waals surface area contributed by atoms with E-state index in [0.717, 1.165) is 22.6 Å². The number of nitrogens with one attached hydrogen (secondary N) is 1. The van der Waals surface area contributed by atoms with Gasteiger partial charge in [0.25, 0.3) is 0 Å². The molecule has 0 aromatic carbocycles. The summed E-state index contributed by atoms with van der Waals surface area (Å²) in [5.41, 5.74) is 2.95. The summed E-state index contributed by atoms with van der Waals surface area (Å²) in [4.78, 5) is 7.65. The number of aryl methyl sites for hydroxylation is 2. The molecule has 3 aromatic rings. The van der Waals surface area contributed by atoms with Crippen LogP contribution in [-0.2, 0) is 7.05 Å². The van der Waals surface area contributed by atoms with E-state index in [1.165, 1.54) is 0 Å². The van der Waals surface area contributed by atoms with E-state index < -0.39 is 0 Å². The molecule has 0 aliphatic heterocycles. The molecule has 19 heavy (non-hydrogen) atoms. The molecule has 3 heterocycles. The maximum atomic E-state index is 5.42. The average molecular weight is 274 g/mol. The number of fused-ring (bicyclic) bond motifs is 1. The van der Waals surface area contributed by atoms with Crippen molar-refractivity contribution < 1.29 is 0 Å². The highest BCUT2D eigenvalue weighted by Gasteiger charge is 2.18. The van der Waals surface area contributed by atoms with Gasteiger partial charge in [0.1, 0.15) is 6.33 Å². The largest absolute Gasteiger partial charge is 0.329 e. The lowest BCUT2D eigenvalue weighted by atomic mass is 10.2. The second kappa shape index (κ2) is 4.27. The summed E-state index contributed by atoms with van der Waals surface area (Å²) in [5, 5.41) is 8.06. The third kappa shape index (κ3) is 1.77. The second-order valence-corrected chi connectivity index (χ2v) is 4.99. The van der Waals surface area contributed by atoms with Crippen LogP contribution >= 0.6 is 12.2 Å². The minimum atomic E-state index is -0.0250. The molecule has 6 nitrogen and oxygen atoms in total. The fourth-order valence-corrected chi connectivity index (χ4v) is 2.64. The molecule has 0 saturated heterocycles. The van der Waals surface area contributed by atoms with Crippen LogP contribution in [-0.4, -0.2) is 29.3 Å². The Morgan fingerprint density at radius 3 is 2.89 bits per heavy atom. The molecular weight excluding hydrogens is 260 g/mol. The molecule has 3 aromatic heterocycles. The molecule has 1 unspecified atom stereocenters. The van der Waals surface area contributed by atoms with Gasteiger partial charge in [0.15, 0.2) is 16.2 Å². The Hall–Kier alpha value is -2.02. The van der Waals surface area contributed by atoms with E-state index in [0.29, 0.717) is 4.77 Å². The Bertz CT molecular complexity index is 796. The Kier molecular flexibility index (Phi) is 2.70. The van der Waals surface area contributed by atoms with E-state index in [9.17, 15) is 0 Å². The summed E-state index contributed by atoms with van der Waals surface area (Å²) in [7, 11) is 1.92. The first-order chi connectivity index (χ1) is 9.09. The first-order valence-electron chi connectivity index (χ1n) is 5.99. The van der Waals surface area contributed by atoms with Crippen molar-refractivity contribution in [2.45, 2.75) is 19.9 Å². The topological polar surface area (TPSA) is 64.3 Å². The van der Waals surface area contributed by atoms with Gasteiger partial charge in [0, 0.05) is 13.2 Å². The first kappa shape index (κ1) is 12.0. The fourth-order valence-electron chi connectivity index (χ4n) is 2.29. The summed E-state index contributed by atoms with van der Waals surface area (Å²) in [6.45, 7) is 4.07. The number of nitrogens with zero attached hydrogens (tertiary/aromatic N) is 5. The van der Waals surface area contributed by atoms with E-state index in [4.69, 9.17) is 12.2 Å². The zero-order valence-electron chi connectivity index (χ0n) is 11.0. The standard InChI is InChI=1S/C12H14N6S/c1-7-4-5-13-11-9(7)15-12(19)18(11)8(2)10-16-14-6-17(10)3/h4-6,8H,1-3H3,(H,15,19). The van der Waals surface area contributed by atoms with Gasteiger partial charge in [-0.05, 0) is 37.7 Å². The monoisotopic (exact) mass is 274 g/mol. The van der Waals surface area contributed by atoms with Crippen LogP contribution in [0.2, 0.25) is 0 Å². The van der Waals surface area contributed by atoms with Gasteiger partial charge in [0.2, 0.25) is 0 Å². The highest BCUT2D eigenvalue weighted by atomic mass is 32.1. The first-order valence-corrected chi connectivity index (χ1v) is 6.40. The van der Waals surface area contributed by atoms with Gasteiger partial charge >= 0.3 is 0 Å². The average Bonchev–Trinajstić information content (AvgIpc) is 2.93. The lowest BCUT2D eigenvalue weighted by Crippen LogP contribution is -2.12.